The number of hydrogen-bond acceptors (Lipinski definition) is 6. The van der Waals surface area contributed by atoms with Gasteiger partial charge in [-0.25, -0.2) is 9.97 Å². The monoisotopic (exact) mass is 371 g/mol. The fourth-order valence-corrected chi connectivity index (χ4v) is 3.68. The number of carbonyl (C=O) groups is 2. The summed E-state index contributed by atoms with van der Waals surface area (Å²) in [6.07, 6.45) is -0.00271. The van der Waals surface area contributed by atoms with E-state index < -0.39 is 12.1 Å². The number of aryl methyl sites for hydroxylation is 2. The van der Waals surface area contributed by atoms with Crippen LogP contribution in [0, 0.1) is 13.8 Å². The van der Waals surface area contributed by atoms with Crippen molar-refractivity contribution in [2.45, 2.75) is 38.5 Å². The number of para-hydroxylation sites is 1. The molecule has 0 N–H and O–H groups in total. The maximum Gasteiger partial charge on any atom is 0.317 e. The van der Waals surface area contributed by atoms with Crippen LogP contribution in [-0.2, 0) is 20.7 Å². The van der Waals surface area contributed by atoms with E-state index in [9.17, 15) is 9.59 Å². The van der Waals surface area contributed by atoms with Crippen LogP contribution in [0.1, 0.15) is 23.9 Å². The van der Waals surface area contributed by atoms with Gasteiger partial charge in [0.25, 0.3) is 5.91 Å². The third kappa shape index (κ3) is 4.22. The van der Waals surface area contributed by atoms with E-state index >= 15 is 0 Å². The van der Waals surface area contributed by atoms with E-state index in [1.54, 1.807) is 11.8 Å². The number of benzene rings is 1. The standard InChI is InChI=1S/C19H21N3O3S/c1-12-10-13(2)21-19(20-12)26-11-17(23)25-14(3)18(24)22-9-8-15-6-4-5-7-16(15)22/h4-7,10,14H,8-9,11H2,1-3H3. The third-order valence-corrected chi connectivity index (χ3v) is 4.91. The topological polar surface area (TPSA) is 72.4 Å². The van der Waals surface area contributed by atoms with Crippen molar-refractivity contribution >= 4 is 29.3 Å². The van der Waals surface area contributed by atoms with E-state index in [1.807, 2.05) is 44.2 Å². The Morgan fingerprint density at radius 2 is 1.92 bits per heavy atom. The van der Waals surface area contributed by atoms with Crippen LogP contribution in [0.5, 0.6) is 0 Å². The fourth-order valence-electron chi connectivity index (χ4n) is 2.95. The number of nitrogens with zero attached hydrogens (tertiary/aromatic N) is 3. The zero-order valence-electron chi connectivity index (χ0n) is 15.1. The molecule has 0 saturated heterocycles. The Morgan fingerprint density at radius 3 is 2.65 bits per heavy atom. The largest absolute Gasteiger partial charge is 0.452 e. The minimum Gasteiger partial charge on any atom is -0.452 e. The lowest BCUT2D eigenvalue weighted by atomic mass is 10.2. The second kappa shape index (κ2) is 7.86. The number of ether oxygens (including phenoxy) is 1. The second-order valence-electron chi connectivity index (χ2n) is 6.22. The van der Waals surface area contributed by atoms with Gasteiger partial charge in [0.05, 0.1) is 5.75 Å². The van der Waals surface area contributed by atoms with Crippen molar-refractivity contribution in [1.82, 2.24) is 9.97 Å². The normalized spacial score (nSPS) is 14.0. The molecule has 0 fully saturated rings. The summed E-state index contributed by atoms with van der Waals surface area (Å²) in [4.78, 5) is 35.0. The molecule has 1 aliphatic heterocycles. The van der Waals surface area contributed by atoms with Gasteiger partial charge in [-0.1, -0.05) is 30.0 Å². The predicted molar refractivity (Wildman–Crippen MR) is 100 cm³/mol. The molecule has 136 valence electrons. The molecule has 1 aliphatic rings. The van der Waals surface area contributed by atoms with Gasteiger partial charge in [-0.15, -0.1) is 0 Å². The maximum absolute atomic E-state index is 12.6. The zero-order chi connectivity index (χ0) is 18.7. The minimum absolute atomic E-state index is 0.0666. The number of carbonyl (C=O) groups excluding carboxylic acids is 2. The lowest BCUT2D eigenvalue weighted by molar-refractivity contribution is -0.151. The smallest absolute Gasteiger partial charge is 0.317 e. The first kappa shape index (κ1) is 18.4. The van der Waals surface area contributed by atoms with Gasteiger partial charge < -0.3 is 9.64 Å². The molecule has 7 heteroatoms. The van der Waals surface area contributed by atoms with Crippen molar-refractivity contribution in [3.05, 3.63) is 47.3 Å². The maximum atomic E-state index is 12.6. The molecule has 0 saturated carbocycles. The fraction of sp³-hybridized carbons (Fsp3) is 0.368. The van der Waals surface area contributed by atoms with Crippen LogP contribution in [0.4, 0.5) is 5.69 Å². The summed E-state index contributed by atoms with van der Waals surface area (Å²) in [5.74, 6) is -0.584. The minimum atomic E-state index is -0.825. The van der Waals surface area contributed by atoms with Gasteiger partial charge in [0.15, 0.2) is 11.3 Å². The third-order valence-electron chi connectivity index (χ3n) is 4.09. The Morgan fingerprint density at radius 1 is 1.23 bits per heavy atom. The van der Waals surface area contributed by atoms with Crippen LogP contribution in [0.2, 0.25) is 0 Å². The van der Waals surface area contributed by atoms with E-state index in [0.29, 0.717) is 11.7 Å². The van der Waals surface area contributed by atoms with Gasteiger partial charge in [-0.2, -0.15) is 0 Å². The highest BCUT2D eigenvalue weighted by Gasteiger charge is 2.29. The predicted octanol–water partition coefficient (Wildman–Crippen LogP) is 2.71. The molecule has 0 aliphatic carbocycles. The van der Waals surface area contributed by atoms with Crippen LogP contribution in [0.15, 0.2) is 35.5 Å². The Bertz CT molecular complexity index is 820. The molecule has 2 aromatic rings. The van der Waals surface area contributed by atoms with Crippen LogP contribution in [0.3, 0.4) is 0 Å². The van der Waals surface area contributed by atoms with Crippen LogP contribution < -0.4 is 4.90 Å². The molecule has 1 unspecified atom stereocenters. The summed E-state index contributed by atoms with van der Waals surface area (Å²) >= 11 is 1.21. The van der Waals surface area contributed by atoms with Crippen LogP contribution >= 0.6 is 11.8 Å². The number of rotatable bonds is 5. The molecule has 1 aromatic heterocycles. The van der Waals surface area contributed by atoms with Gasteiger partial charge in [0, 0.05) is 23.6 Å². The number of esters is 1. The molecule has 6 nitrogen and oxygen atoms in total. The molecule has 1 aromatic carbocycles. The highest BCUT2D eigenvalue weighted by molar-refractivity contribution is 7.99. The molecule has 0 bridgehead atoms. The molecule has 1 amide bonds. The van der Waals surface area contributed by atoms with Crippen molar-refractivity contribution in [2.24, 2.45) is 0 Å². The van der Waals surface area contributed by atoms with Crippen LogP contribution in [0.25, 0.3) is 0 Å². The van der Waals surface area contributed by atoms with Gasteiger partial charge >= 0.3 is 5.97 Å². The summed E-state index contributed by atoms with van der Waals surface area (Å²) in [6.45, 7) is 5.99. The number of amides is 1. The van der Waals surface area contributed by atoms with Crippen molar-refractivity contribution < 1.29 is 14.3 Å². The Kier molecular flexibility index (Phi) is 5.56. The van der Waals surface area contributed by atoms with E-state index in [1.165, 1.54) is 11.8 Å². The van der Waals surface area contributed by atoms with E-state index in [4.69, 9.17) is 4.74 Å². The van der Waals surface area contributed by atoms with E-state index in [2.05, 4.69) is 9.97 Å². The molecule has 3 rings (SSSR count). The zero-order valence-corrected chi connectivity index (χ0v) is 15.9. The molecular formula is C19H21N3O3S. The molecule has 26 heavy (non-hydrogen) atoms. The highest BCUT2D eigenvalue weighted by Crippen LogP contribution is 2.28. The first-order chi connectivity index (χ1) is 12.4. The van der Waals surface area contributed by atoms with Gasteiger partial charge in [0.1, 0.15) is 0 Å². The van der Waals surface area contributed by atoms with Crippen LogP contribution in [-0.4, -0.2) is 40.2 Å². The SMILES string of the molecule is Cc1cc(C)nc(SCC(=O)OC(C)C(=O)N2CCc3ccccc32)n1. The van der Waals surface area contributed by atoms with Gasteiger partial charge in [-0.05, 0) is 44.9 Å². The van der Waals surface area contributed by atoms with Crippen molar-refractivity contribution in [1.29, 1.82) is 0 Å². The lowest BCUT2D eigenvalue weighted by Gasteiger charge is -2.21. The molecular weight excluding hydrogens is 350 g/mol. The van der Waals surface area contributed by atoms with Gasteiger partial charge in [-0.3, -0.25) is 9.59 Å². The number of thioether (sulfide) groups is 1. The Hall–Kier alpha value is -2.41. The molecule has 0 spiro atoms. The average molecular weight is 371 g/mol. The van der Waals surface area contributed by atoms with Crippen molar-refractivity contribution in [3.63, 3.8) is 0 Å². The number of aromatic nitrogens is 2. The second-order valence-corrected chi connectivity index (χ2v) is 7.17. The Labute approximate surface area is 157 Å². The average Bonchev–Trinajstić information content (AvgIpc) is 3.02. The van der Waals surface area contributed by atoms with Crippen molar-refractivity contribution in [3.8, 4) is 0 Å². The first-order valence-corrected chi connectivity index (χ1v) is 9.46. The summed E-state index contributed by atoms with van der Waals surface area (Å²) in [5.41, 5.74) is 3.74. The summed E-state index contributed by atoms with van der Waals surface area (Å²) < 4.78 is 5.32. The van der Waals surface area contributed by atoms with Crippen molar-refractivity contribution in [2.75, 3.05) is 17.2 Å². The van der Waals surface area contributed by atoms with E-state index in [-0.39, 0.29) is 11.7 Å². The molecule has 0 radical (unpaired) electrons. The number of hydrogen-bond donors (Lipinski definition) is 0. The van der Waals surface area contributed by atoms with Gasteiger partial charge in [0.2, 0.25) is 0 Å². The number of anilines is 1. The lowest BCUT2D eigenvalue weighted by Crippen LogP contribution is -2.39. The summed E-state index contributed by atoms with van der Waals surface area (Å²) in [6, 6.07) is 9.67. The summed E-state index contributed by atoms with van der Waals surface area (Å²) in [7, 11) is 0. The van der Waals surface area contributed by atoms with E-state index in [0.717, 1.165) is 29.1 Å². The molecule has 1 atom stereocenters. The molecule has 2 heterocycles. The number of fused-ring (bicyclic) bond motifs is 1. The summed E-state index contributed by atoms with van der Waals surface area (Å²) in [5, 5.41) is 0.534. The highest BCUT2D eigenvalue weighted by atomic mass is 32.2. The Balaban J connectivity index is 1.55. The quantitative estimate of drug-likeness (QED) is 0.457. The first-order valence-electron chi connectivity index (χ1n) is 8.48.